The first-order valence-electron chi connectivity index (χ1n) is 17.8. The maximum absolute atomic E-state index is 12.5. The minimum Gasteiger partial charge on any atom is -0.744 e. The number of hydrogen-bond donors (Lipinski definition) is 1. The Morgan fingerprint density at radius 3 is 2.35 bits per heavy atom. The van der Waals surface area contributed by atoms with Crippen LogP contribution in [0, 0.1) is 18.3 Å². The highest BCUT2D eigenvalue weighted by Gasteiger charge is 2.44. The topological polar surface area (TPSA) is 92.6 Å². The first-order valence-corrected chi connectivity index (χ1v) is 19.2. The molecule has 0 aromatic heterocycles. The van der Waals surface area contributed by atoms with Gasteiger partial charge in [0.2, 0.25) is 11.6 Å². The summed E-state index contributed by atoms with van der Waals surface area (Å²) in [5.41, 5.74) is 7.31. The van der Waals surface area contributed by atoms with Gasteiger partial charge in [-0.3, -0.25) is 4.79 Å². The van der Waals surface area contributed by atoms with Crippen molar-refractivity contribution in [1.82, 2.24) is 5.32 Å². The van der Waals surface area contributed by atoms with Crippen LogP contribution in [-0.4, -0.2) is 48.8 Å². The minimum absolute atomic E-state index is 0.0523. The molecular weight excluding hydrogens is 631 g/mol. The number of amides is 1. The number of rotatable bonds is 14. The van der Waals surface area contributed by atoms with Crippen LogP contribution < -0.4 is 10.2 Å². The van der Waals surface area contributed by atoms with Crippen LogP contribution in [0.3, 0.4) is 0 Å². The van der Waals surface area contributed by atoms with E-state index in [2.05, 4.69) is 120 Å². The van der Waals surface area contributed by atoms with E-state index < -0.39 is 15.5 Å². The summed E-state index contributed by atoms with van der Waals surface area (Å²) in [5, 5.41) is 3.10. The predicted molar refractivity (Wildman–Crippen MR) is 201 cm³/mol. The van der Waals surface area contributed by atoms with Gasteiger partial charge in [0.05, 0.1) is 10.3 Å². The van der Waals surface area contributed by atoms with Crippen LogP contribution >= 0.6 is 0 Å². The molecule has 2 aliphatic heterocycles. The number of aryl methyl sites for hydroxylation is 1. The average molecular weight is 688 g/mol. The van der Waals surface area contributed by atoms with Gasteiger partial charge in [0.15, 0.2) is 5.71 Å². The van der Waals surface area contributed by atoms with Crippen molar-refractivity contribution in [3.05, 3.63) is 89.2 Å². The molecule has 0 saturated carbocycles. The molecule has 0 radical (unpaired) electrons. The van der Waals surface area contributed by atoms with Crippen LogP contribution in [0.4, 0.5) is 11.4 Å². The number of nitrogens with zero attached hydrogens (tertiary/aromatic N) is 2. The quantitative estimate of drug-likeness (QED) is 0.0932. The fraction of sp³-hybridized carbons (Fsp3) is 0.512. The molecule has 8 heteroatoms. The van der Waals surface area contributed by atoms with Gasteiger partial charge in [-0.2, -0.15) is 4.58 Å². The third-order valence-electron chi connectivity index (χ3n) is 10.8. The van der Waals surface area contributed by atoms with Crippen molar-refractivity contribution in [1.29, 1.82) is 0 Å². The van der Waals surface area contributed by atoms with E-state index in [1.165, 1.54) is 34.6 Å². The zero-order chi connectivity index (χ0) is 36.4. The number of unbranched alkanes of at least 4 members (excludes halogenated alkanes) is 2. The molecule has 7 nitrogen and oxygen atoms in total. The fourth-order valence-corrected chi connectivity index (χ4v) is 7.39. The van der Waals surface area contributed by atoms with E-state index in [0.29, 0.717) is 25.4 Å². The number of anilines is 1. The van der Waals surface area contributed by atoms with Gasteiger partial charge in [-0.1, -0.05) is 77.5 Å². The molecule has 0 unspecified atom stereocenters. The van der Waals surface area contributed by atoms with Crippen LogP contribution in [0.25, 0.3) is 0 Å². The van der Waals surface area contributed by atoms with Gasteiger partial charge in [0.25, 0.3) is 0 Å². The Morgan fingerprint density at radius 1 is 0.980 bits per heavy atom. The number of benzene rings is 2. The van der Waals surface area contributed by atoms with Crippen LogP contribution in [0.1, 0.15) is 105 Å². The molecule has 2 aromatic rings. The standard InChI is InChI=1S/C41H57N3O4S/c1-11-43-34-23-21-30(4)26-32(34)40(7,8)36(43)18-14-12-15-19-37-41(9,10)33-27-31(49(46,47)48)22-24-35(33)44(37)25-17-13-16-20-38(45)42-28-39(5,6)29(2)3/h12,14-15,18-19,21-24,26-27,29H,11,13,16-17,20,25,28H2,1-10H3,(H-,42,45,46,47,48). The van der Waals surface area contributed by atoms with Gasteiger partial charge in [-0.15, -0.1) is 0 Å². The maximum Gasteiger partial charge on any atom is 0.220 e. The molecule has 0 aliphatic carbocycles. The third kappa shape index (κ3) is 8.29. The Bertz CT molecular complexity index is 1790. The van der Waals surface area contributed by atoms with E-state index in [-0.39, 0.29) is 21.6 Å². The van der Waals surface area contributed by atoms with Crippen molar-refractivity contribution in [2.45, 2.75) is 111 Å². The van der Waals surface area contributed by atoms with E-state index >= 15 is 0 Å². The van der Waals surface area contributed by atoms with Crippen LogP contribution in [-0.2, 0) is 25.7 Å². The number of likely N-dealkylation sites (N-methyl/N-ethyl adjacent to an activating group) is 1. The number of allylic oxidation sites excluding steroid dienone is 6. The number of carbonyl (C=O) groups excluding carboxylic acids is 1. The van der Waals surface area contributed by atoms with Crippen molar-refractivity contribution < 1.29 is 22.3 Å². The van der Waals surface area contributed by atoms with Gasteiger partial charge in [-0.05, 0) is 81.7 Å². The molecule has 0 spiro atoms. The van der Waals surface area contributed by atoms with E-state index in [4.69, 9.17) is 0 Å². The first kappa shape index (κ1) is 38.3. The lowest BCUT2D eigenvalue weighted by Crippen LogP contribution is -2.36. The molecule has 2 aliphatic rings. The Kier molecular flexibility index (Phi) is 11.6. The van der Waals surface area contributed by atoms with Crippen molar-refractivity contribution in [3.8, 4) is 0 Å². The first-order chi connectivity index (χ1) is 22.8. The largest absolute Gasteiger partial charge is 0.744 e. The van der Waals surface area contributed by atoms with Crippen molar-refractivity contribution in [2.24, 2.45) is 11.3 Å². The molecule has 0 fully saturated rings. The molecule has 4 rings (SSSR count). The third-order valence-corrected chi connectivity index (χ3v) is 11.7. The summed E-state index contributed by atoms with van der Waals surface area (Å²) in [6.07, 6.45) is 13.5. The van der Waals surface area contributed by atoms with Crippen LogP contribution in [0.2, 0.25) is 0 Å². The maximum atomic E-state index is 12.5. The summed E-state index contributed by atoms with van der Waals surface area (Å²) in [7, 11) is -4.59. The lowest BCUT2D eigenvalue weighted by atomic mass is 9.81. The molecule has 1 N–H and O–H groups in total. The Balaban J connectivity index is 1.53. The van der Waals surface area contributed by atoms with Gasteiger partial charge in [-0.25, -0.2) is 8.42 Å². The van der Waals surface area contributed by atoms with Gasteiger partial charge < -0.3 is 14.8 Å². The molecular formula is C41H57N3O4S. The molecule has 0 bridgehead atoms. The number of fused-ring (bicyclic) bond motifs is 2. The zero-order valence-electron chi connectivity index (χ0n) is 31.3. The van der Waals surface area contributed by atoms with Gasteiger partial charge >= 0.3 is 0 Å². The van der Waals surface area contributed by atoms with Crippen molar-refractivity contribution in [2.75, 3.05) is 24.5 Å². The summed E-state index contributed by atoms with van der Waals surface area (Å²) < 4.78 is 38.0. The molecule has 266 valence electrons. The predicted octanol–water partition coefficient (Wildman–Crippen LogP) is 8.45. The summed E-state index contributed by atoms with van der Waals surface area (Å²) in [6, 6.07) is 11.4. The summed E-state index contributed by atoms with van der Waals surface area (Å²) in [6.45, 7) is 24.0. The highest BCUT2D eigenvalue weighted by Crippen LogP contribution is 2.48. The molecule has 2 heterocycles. The van der Waals surface area contributed by atoms with Crippen molar-refractivity contribution in [3.63, 3.8) is 0 Å². The molecule has 0 atom stereocenters. The molecule has 1 amide bonds. The zero-order valence-corrected chi connectivity index (χ0v) is 32.1. The summed E-state index contributed by atoms with van der Waals surface area (Å²) in [5.74, 6) is 0.567. The highest BCUT2D eigenvalue weighted by molar-refractivity contribution is 7.85. The molecule has 49 heavy (non-hydrogen) atoms. The van der Waals surface area contributed by atoms with Crippen LogP contribution in [0.5, 0.6) is 0 Å². The molecule has 2 aromatic carbocycles. The van der Waals surface area contributed by atoms with Gasteiger partial charge in [0.1, 0.15) is 16.7 Å². The normalized spacial score (nSPS) is 18.0. The Morgan fingerprint density at radius 2 is 1.69 bits per heavy atom. The van der Waals surface area contributed by atoms with Crippen LogP contribution in [0.15, 0.2) is 77.4 Å². The Hall–Kier alpha value is -3.49. The SMILES string of the molecule is CCN1\C(=C/C=C/C=C/C2=[N+](CCCCCC(=O)NCC(C)(C)C(C)C)c3ccc(S(=O)(=O)[O-])cc3C2(C)C)C(C)(C)c2cc(C)ccc21. The minimum atomic E-state index is -4.59. The average Bonchev–Trinajstić information content (AvgIpc) is 3.36. The summed E-state index contributed by atoms with van der Waals surface area (Å²) in [4.78, 5) is 14.7. The second-order valence-electron chi connectivity index (χ2n) is 15.7. The second kappa shape index (κ2) is 14.8. The van der Waals surface area contributed by atoms with Crippen molar-refractivity contribution >= 4 is 33.1 Å². The van der Waals surface area contributed by atoms with Gasteiger partial charge in [0, 0.05) is 60.4 Å². The van der Waals surface area contributed by atoms with E-state index in [9.17, 15) is 17.8 Å². The molecule has 0 saturated heterocycles. The smallest absolute Gasteiger partial charge is 0.220 e. The number of nitrogens with one attached hydrogen (secondary N) is 1. The number of hydrogen-bond acceptors (Lipinski definition) is 5. The van der Waals surface area contributed by atoms with E-state index in [1.807, 2.05) is 12.2 Å². The van der Waals surface area contributed by atoms with E-state index in [1.54, 1.807) is 6.07 Å². The second-order valence-corrected chi connectivity index (χ2v) is 17.1. The summed E-state index contributed by atoms with van der Waals surface area (Å²) >= 11 is 0. The highest BCUT2D eigenvalue weighted by atomic mass is 32.2. The lowest BCUT2D eigenvalue weighted by molar-refractivity contribution is -0.438. The monoisotopic (exact) mass is 687 g/mol. The fourth-order valence-electron chi connectivity index (χ4n) is 6.89. The lowest BCUT2D eigenvalue weighted by Gasteiger charge is -2.29. The Labute approximate surface area is 295 Å². The van der Waals surface area contributed by atoms with E-state index in [0.717, 1.165) is 42.8 Å². The number of carbonyl (C=O) groups is 1.